The molecular weight excluding hydrogens is 1050 g/mol. The van der Waals surface area contributed by atoms with Gasteiger partial charge in [0.05, 0.1) is 35.9 Å². The number of aromatic hydroxyl groups is 1. The van der Waals surface area contributed by atoms with E-state index in [9.17, 15) is 39.0 Å². The number of fused-ring (bicyclic) bond motifs is 1. The Hall–Kier alpha value is -5.40. The predicted molar refractivity (Wildman–Crippen MR) is 283 cm³/mol. The molecule has 2 aromatic rings. The molecule has 4 saturated heterocycles. The fourth-order valence-corrected chi connectivity index (χ4v) is 17.2. The number of anilines is 2. The quantitative estimate of drug-likeness (QED) is 0.0915. The maximum absolute atomic E-state index is 15.5. The van der Waals surface area contributed by atoms with Crippen molar-refractivity contribution in [2.45, 2.75) is 137 Å². The van der Waals surface area contributed by atoms with Gasteiger partial charge in [0.1, 0.15) is 34.9 Å². The zero-order valence-electron chi connectivity index (χ0n) is 43.4. The van der Waals surface area contributed by atoms with Gasteiger partial charge in [0.15, 0.2) is 0 Å². The third kappa shape index (κ3) is 10.5. The van der Waals surface area contributed by atoms with Crippen molar-refractivity contribution in [1.82, 2.24) is 26.2 Å². The fourth-order valence-electron chi connectivity index (χ4n) is 14.4. The first-order valence-electron chi connectivity index (χ1n) is 27.5. The van der Waals surface area contributed by atoms with E-state index in [1.165, 1.54) is 17.9 Å². The van der Waals surface area contributed by atoms with E-state index in [4.69, 9.17) is 29.0 Å². The summed E-state index contributed by atoms with van der Waals surface area (Å²) in [7, 11) is 0. The second-order valence-electron chi connectivity index (χ2n) is 23.1. The van der Waals surface area contributed by atoms with Gasteiger partial charge in [-0.2, -0.15) is 9.78 Å². The number of benzene rings is 2. The largest absolute Gasteiger partial charge is 0.507 e. The average Bonchev–Trinajstić information content (AvgIpc) is 4.28. The molecule has 11 atom stereocenters. The number of phenolic OH excluding ortho intramolecular Hbond substituents is 1. The van der Waals surface area contributed by atoms with Crippen LogP contribution in [0.25, 0.3) is 0 Å². The zero-order chi connectivity index (χ0) is 54.1. The topological polar surface area (TPSA) is 259 Å². The minimum atomic E-state index is -1.07. The second-order valence-corrected chi connectivity index (χ2v) is 25.3. The summed E-state index contributed by atoms with van der Waals surface area (Å²) in [6, 6.07) is 10.8. The summed E-state index contributed by atoms with van der Waals surface area (Å²) in [4.78, 5) is 98.7. The summed E-state index contributed by atoms with van der Waals surface area (Å²) in [5.41, 5.74) is 1.02. The molecule has 2 aromatic carbocycles. The molecule has 5 heterocycles. The molecule has 4 bridgehead atoms. The standard InChI is InChI=1S/C54H67FN8O13S2/c1-29(64)57-23-35-24-63(51(71)73-35)33-9-10-41(39(55)18-33)61-25-37-38(26-61)46(37)59-50(70)72-34-6-4-13-53(22-34)74-54(76-75-53)31-16-30-17-32(54)21-52(19-30,20-31)60-45(67)12-11-44(66)56-14-5-15-62-42(49(68)69)28-78-48(62)40-27-77-47(58-40)36-7-2-3-8-43(36)65/h2-3,7-10,18,30-32,34-35,37-38,40,42,46,48,65H,4-6,11-17,19-28H2,1H3,(H,56,66)(H,57,64)(H,59,70)(H,60,67)(H,68,69)/t30?,31?,32?,34?,35-,37-,38+,40+,42-,46+,48?,52?,53+,54?/m0/s1. The van der Waals surface area contributed by atoms with Gasteiger partial charge in [-0.1, -0.05) is 12.1 Å². The molecule has 78 heavy (non-hydrogen) atoms. The summed E-state index contributed by atoms with van der Waals surface area (Å²) < 4.78 is 33.8. The van der Waals surface area contributed by atoms with Crippen molar-refractivity contribution in [1.29, 1.82) is 0 Å². The van der Waals surface area contributed by atoms with Crippen LogP contribution in [0.5, 0.6) is 5.75 Å². The van der Waals surface area contributed by atoms with E-state index >= 15 is 4.39 Å². The molecule has 21 nitrogen and oxygen atoms in total. The number of hydrogen-bond acceptors (Lipinski definition) is 17. The smallest absolute Gasteiger partial charge is 0.414 e. The van der Waals surface area contributed by atoms with Gasteiger partial charge in [-0.05, 0) is 87.6 Å². The fraction of sp³-hybridized carbons (Fsp3) is 0.648. The maximum Gasteiger partial charge on any atom is 0.414 e. The van der Waals surface area contributed by atoms with Crippen LogP contribution in [0.4, 0.5) is 25.4 Å². The number of alkyl carbamates (subject to hydrolysis) is 1. The van der Waals surface area contributed by atoms with Crippen LogP contribution in [-0.4, -0.2) is 160 Å². The minimum absolute atomic E-state index is 0.0248. The normalized spacial score (nSPS) is 36.2. The highest BCUT2D eigenvalue weighted by molar-refractivity contribution is 8.14. The lowest BCUT2D eigenvalue weighted by Crippen LogP contribution is -2.69. The van der Waals surface area contributed by atoms with E-state index in [1.54, 1.807) is 47.8 Å². The molecule has 2 spiro atoms. The average molecular weight is 1120 g/mol. The summed E-state index contributed by atoms with van der Waals surface area (Å²) in [6.45, 7) is 3.65. The lowest BCUT2D eigenvalue weighted by atomic mass is 9.50. The van der Waals surface area contributed by atoms with Crippen molar-refractivity contribution in [3.63, 3.8) is 0 Å². The predicted octanol–water partition coefficient (Wildman–Crippen LogP) is 4.84. The lowest BCUT2D eigenvalue weighted by molar-refractivity contribution is -0.392. The number of carbonyl (C=O) groups is 6. The number of piperidine rings is 1. The second kappa shape index (κ2) is 21.2. The number of carbonyl (C=O) groups excluding carboxylic acids is 5. The molecule has 24 heteroatoms. The number of carboxylic acid groups (broad SMARTS) is 1. The zero-order valence-corrected chi connectivity index (χ0v) is 45.0. The Kier molecular flexibility index (Phi) is 14.5. The van der Waals surface area contributed by atoms with Gasteiger partial charge in [0.25, 0.3) is 0 Å². The Morgan fingerprint density at radius 1 is 0.949 bits per heavy atom. The van der Waals surface area contributed by atoms with Crippen LogP contribution in [0.15, 0.2) is 47.5 Å². The Bertz CT molecular complexity index is 2730. The first kappa shape index (κ1) is 53.3. The van der Waals surface area contributed by atoms with Gasteiger partial charge in [-0.25, -0.2) is 14.0 Å². The van der Waals surface area contributed by atoms with Crippen molar-refractivity contribution in [2.75, 3.05) is 60.6 Å². The van der Waals surface area contributed by atoms with Crippen molar-refractivity contribution in [3.05, 3.63) is 53.8 Å². The van der Waals surface area contributed by atoms with Crippen LogP contribution in [0, 0.1) is 35.4 Å². The third-order valence-corrected chi connectivity index (χ3v) is 20.4. The number of nitrogens with one attached hydrogen (secondary N) is 4. The SMILES string of the molecule is CC(=O)NC[C@H]1CN(c2ccc(N3C[C@@H]4[C@H](C3)[C@H]4NC(=O)OC3CCC[C@]4(C3)OOC3(O4)C4CC5CC3CC(NC(=O)CCC(=O)NCCCN3C([C@H]6CSC(c7ccccc7O)=N6)SC[C@H]3C(=O)O)(C5)C4)c(F)c2)C(=O)O1. The van der Waals surface area contributed by atoms with Gasteiger partial charge < -0.3 is 50.6 Å². The molecule has 10 fully saturated rings. The molecule has 6 saturated carbocycles. The van der Waals surface area contributed by atoms with Crippen LogP contribution in [-0.2, 0) is 43.2 Å². The Labute approximate surface area is 459 Å². The van der Waals surface area contributed by atoms with E-state index in [0.29, 0.717) is 105 Å². The molecule has 11 aliphatic rings. The van der Waals surface area contributed by atoms with E-state index in [1.807, 2.05) is 21.9 Å². The van der Waals surface area contributed by atoms with Crippen LogP contribution >= 0.6 is 23.5 Å². The van der Waals surface area contributed by atoms with Crippen LogP contribution < -0.4 is 31.1 Å². The van der Waals surface area contributed by atoms with Crippen molar-refractivity contribution in [3.8, 4) is 5.75 Å². The van der Waals surface area contributed by atoms with Gasteiger partial charge in [0.2, 0.25) is 29.3 Å². The van der Waals surface area contributed by atoms with Crippen LogP contribution in [0.3, 0.4) is 0 Å². The number of phenols is 1. The molecule has 6 N–H and O–H groups in total. The highest BCUT2D eigenvalue weighted by Crippen LogP contribution is 2.65. The van der Waals surface area contributed by atoms with Crippen molar-refractivity contribution < 1.29 is 67.4 Å². The van der Waals surface area contributed by atoms with Gasteiger partial charge in [-0.15, -0.1) is 23.5 Å². The highest BCUT2D eigenvalue weighted by Gasteiger charge is 2.70. The molecular formula is C54H67FN8O13S2. The van der Waals surface area contributed by atoms with E-state index < -0.39 is 59.3 Å². The molecule has 5 amide bonds. The maximum atomic E-state index is 15.5. The number of nitrogens with zero attached hydrogens (tertiary/aromatic N) is 4. The number of thioether (sulfide) groups is 2. The number of ether oxygens (including phenoxy) is 3. The number of para-hydroxylation sites is 1. The van der Waals surface area contributed by atoms with Crippen LogP contribution in [0.1, 0.15) is 89.5 Å². The number of cyclic esters (lactones) is 1. The summed E-state index contributed by atoms with van der Waals surface area (Å²) in [5.74, 6) is -2.17. The number of hydrogen-bond donors (Lipinski definition) is 6. The Balaban J connectivity index is 0.571. The molecule has 420 valence electrons. The molecule has 6 aliphatic carbocycles. The Morgan fingerprint density at radius 2 is 1.73 bits per heavy atom. The number of rotatable bonds is 17. The molecule has 4 unspecified atom stereocenters. The van der Waals surface area contributed by atoms with Gasteiger partial charge in [-0.3, -0.25) is 34.0 Å². The number of halogens is 1. The minimum Gasteiger partial charge on any atom is -0.507 e. The molecule has 13 rings (SSSR count). The number of aliphatic imine (C=N–C) groups is 1. The Morgan fingerprint density at radius 3 is 2.49 bits per heavy atom. The molecule has 0 radical (unpaired) electrons. The molecule has 5 aliphatic heterocycles. The van der Waals surface area contributed by atoms with Crippen LogP contribution in [0.2, 0.25) is 0 Å². The first-order chi connectivity index (χ1) is 37.5. The van der Waals surface area contributed by atoms with E-state index in [0.717, 1.165) is 24.3 Å². The highest BCUT2D eigenvalue weighted by atomic mass is 32.2. The van der Waals surface area contributed by atoms with Crippen molar-refractivity contribution in [2.24, 2.45) is 34.6 Å². The number of amides is 5. The summed E-state index contributed by atoms with van der Waals surface area (Å²) >= 11 is 3.13. The third-order valence-electron chi connectivity index (χ3n) is 17.9. The van der Waals surface area contributed by atoms with Crippen molar-refractivity contribution >= 4 is 75.8 Å². The first-order valence-corrected chi connectivity index (χ1v) is 29.6. The number of aliphatic carboxylic acids is 1. The summed E-state index contributed by atoms with van der Waals surface area (Å²) in [6.07, 6.45) is 4.68. The lowest BCUT2D eigenvalue weighted by Gasteiger charge is -2.62. The molecule has 0 aromatic heterocycles. The monoisotopic (exact) mass is 1120 g/mol. The number of carboxylic acids is 1. The van der Waals surface area contributed by atoms with Gasteiger partial charge >= 0.3 is 18.2 Å². The van der Waals surface area contributed by atoms with E-state index in [2.05, 4.69) is 21.3 Å². The summed E-state index contributed by atoms with van der Waals surface area (Å²) in [5, 5.41) is 33.0. The van der Waals surface area contributed by atoms with E-state index in [-0.39, 0.29) is 90.5 Å². The van der Waals surface area contributed by atoms with Gasteiger partial charge in [0, 0.05) is 111 Å².